The Morgan fingerprint density at radius 2 is 1.60 bits per heavy atom. The van der Waals surface area contributed by atoms with Crippen LogP contribution in [0, 0.1) is 0 Å². The Morgan fingerprint density at radius 3 is 2.26 bits per heavy atom. The largest absolute Gasteiger partial charge is 0.573 e. The minimum absolute atomic E-state index is 0.0997. The summed E-state index contributed by atoms with van der Waals surface area (Å²) in [7, 11) is 0. The van der Waals surface area contributed by atoms with Crippen LogP contribution in [0.1, 0.15) is 30.9 Å². The number of urea groups is 1. The average Bonchev–Trinajstić information content (AvgIpc) is 2.95. The molecule has 0 saturated heterocycles. The average molecular weight is 589 g/mol. The van der Waals surface area contributed by atoms with E-state index in [0.29, 0.717) is 18.7 Å². The molecule has 11 heteroatoms. The highest BCUT2D eigenvalue weighted by atomic mass is 19.4. The van der Waals surface area contributed by atoms with Gasteiger partial charge < -0.3 is 29.5 Å². The number of nitrogens with one attached hydrogen (secondary N) is 1. The molecule has 0 aliphatic carbocycles. The van der Waals surface area contributed by atoms with Crippen LogP contribution in [0.5, 0.6) is 11.5 Å². The van der Waals surface area contributed by atoms with Gasteiger partial charge in [0.15, 0.2) is 11.9 Å². The Balaban J connectivity index is 1.60. The molecule has 0 heterocycles. The van der Waals surface area contributed by atoms with Crippen molar-refractivity contribution in [3.8, 4) is 11.5 Å². The molecule has 42 heavy (non-hydrogen) atoms. The maximum atomic E-state index is 13.2. The van der Waals surface area contributed by atoms with Gasteiger partial charge in [0.25, 0.3) is 0 Å². The van der Waals surface area contributed by atoms with E-state index in [9.17, 15) is 27.9 Å². The van der Waals surface area contributed by atoms with Crippen LogP contribution in [-0.4, -0.2) is 60.8 Å². The molecular formula is C31H35F3N2O6. The number of para-hydroxylation sites is 2. The van der Waals surface area contributed by atoms with Gasteiger partial charge >= 0.3 is 18.4 Å². The summed E-state index contributed by atoms with van der Waals surface area (Å²) in [6, 6.07) is 21.6. The number of carboxylic acid groups (broad SMARTS) is 1. The van der Waals surface area contributed by atoms with Crippen molar-refractivity contribution < 1.29 is 42.1 Å². The van der Waals surface area contributed by atoms with Gasteiger partial charge in [-0.15, -0.1) is 13.2 Å². The molecule has 2 amide bonds. The van der Waals surface area contributed by atoms with E-state index in [1.54, 1.807) is 31.2 Å². The van der Waals surface area contributed by atoms with Crippen LogP contribution < -0.4 is 14.8 Å². The third-order valence-electron chi connectivity index (χ3n) is 6.25. The van der Waals surface area contributed by atoms with Crippen LogP contribution in [0.3, 0.4) is 0 Å². The van der Waals surface area contributed by atoms with Crippen LogP contribution >= 0.6 is 0 Å². The summed E-state index contributed by atoms with van der Waals surface area (Å²) in [5, 5.41) is 11.8. The normalized spacial score (nSPS) is 11.9. The third kappa shape index (κ3) is 11.3. The minimum atomic E-state index is -4.90. The number of benzene rings is 3. The maximum Gasteiger partial charge on any atom is 0.573 e. The molecule has 0 aromatic heterocycles. The molecule has 3 rings (SSSR count). The van der Waals surface area contributed by atoms with Gasteiger partial charge in [-0.1, -0.05) is 54.6 Å². The van der Waals surface area contributed by atoms with Crippen molar-refractivity contribution in [1.29, 1.82) is 0 Å². The molecular weight excluding hydrogens is 553 g/mol. The number of halogens is 3. The molecule has 0 bridgehead atoms. The zero-order valence-corrected chi connectivity index (χ0v) is 23.3. The molecule has 0 radical (unpaired) electrons. The van der Waals surface area contributed by atoms with Gasteiger partial charge in [-0.2, -0.15) is 0 Å². The number of carbonyl (C=O) groups is 2. The highest BCUT2D eigenvalue weighted by Crippen LogP contribution is 2.30. The number of aryl methyl sites for hydroxylation is 1. The van der Waals surface area contributed by atoms with E-state index < -0.39 is 30.2 Å². The summed E-state index contributed by atoms with van der Waals surface area (Å²) in [6.45, 7) is 2.68. The van der Waals surface area contributed by atoms with Gasteiger partial charge in [0.2, 0.25) is 0 Å². The second kappa shape index (κ2) is 16.3. The van der Waals surface area contributed by atoms with E-state index in [0.717, 1.165) is 24.5 Å². The van der Waals surface area contributed by atoms with Gasteiger partial charge in [0.1, 0.15) is 12.4 Å². The van der Waals surface area contributed by atoms with E-state index in [4.69, 9.17) is 9.47 Å². The first kappa shape index (κ1) is 32.3. The molecule has 2 N–H and O–H groups in total. The number of ether oxygens (including phenoxy) is 3. The van der Waals surface area contributed by atoms with Crippen LogP contribution in [-0.2, 0) is 22.4 Å². The number of hydrogen-bond donors (Lipinski definition) is 2. The molecule has 8 nitrogen and oxygen atoms in total. The predicted octanol–water partition coefficient (Wildman–Crippen LogP) is 6.55. The Labute approximate surface area is 243 Å². The van der Waals surface area contributed by atoms with Crippen LogP contribution in [0.25, 0.3) is 0 Å². The summed E-state index contributed by atoms with van der Waals surface area (Å²) in [6.07, 6.45) is -3.33. The molecule has 0 spiro atoms. The summed E-state index contributed by atoms with van der Waals surface area (Å²) >= 11 is 0. The van der Waals surface area contributed by atoms with E-state index in [1.165, 1.54) is 28.7 Å². The second-order valence-electron chi connectivity index (χ2n) is 9.38. The lowest BCUT2D eigenvalue weighted by atomic mass is 10.1. The van der Waals surface area contributed by atoms with Crippen molar-refractivity contribution in [2.24, 2.45) is 0 Å². The smallest absolute Gasteiger partial charge is 0.492 e. The standard InChI is InChI=1S/C31H35F3N2O6/c1-2-40-28(29(37)38)22-24-15-17-25(18-16-24)41-21-20-36(19-9-8-12-23-10-4-3-5-11-23)30(39)35-26-13-6-7-14-27(26)42-31(32,33)34/h3-7,10-11,13-18,28H,2,8-9,12,19-22H2,1H3,(H,35,39)(H,37,38). The van der Waals surface area contributed by atoms with Crippen molar-refractivity contribution in [1.82, 2.24) is 4.90 Å². The number of carboxylic acids is 1. The van der Waals surface area contributed by atoms with Gasteiger partial charge in [-0.25, -0.2) is 9.59 Å². The zero-order valence-electron chi connectivity index (χ0n) is 23.3. The first-order valence-electron chi connectivity index (χ1n) is 13.7. The molecule has 3 aromatic rings. The molecule has 0 saturated carbocycles. The van der Waals surface area contributed by atoms with E-state index in [-0.39, 0.29) is 31.9 Å². The zero-order chi connectivity index (χ0) is 30.4. The third-order valence-corrected chi connectivity index (χ3v) is 6.25. The number of rotatable bonds is 16. The van der Waals surface area contributed by atoms with Crippen LogP contribution in [0.15, 0.2) is 78.9 Å². The molecule has 1 unspecified atom stereocenters. The molecule has 0 fully saturated rings. The highest BCUT2D eigenvalue weighted by molar-refractivity contribution is 5.91. The number of amides is 2. The number of alkyl halides is 3. The monoisotopic (exact) mass is 588 g/mol. The number of anilines is 1. The summed E-state index contributed by atoms with van der Waals surface area (Å²) in [5.74, 6) is -1.02. The van der Waals surface area contributed by atoms with Crippen LogP contribution in [0.4, 0.5) is 23.7 Å². The van der Waals surface area contributed by atoms with E-state index >= 15 is 0 Å². The Bertz CT molecular complexity index is 1260. The lowest BCUT2D eigenvalue weighted by molar-refractivity contribution is -0.274. The summed E-state index contributed by atoms with van der Waals surface area (Å²) < 4.78 is 53.7. The van der Waals surface area contributed by atoms with E-state index in [2.05, 4.69) is 10.1 Å². The van der Waals surface area contributed by atoms with Crippen molar-refractivity contribution in [2.45, 2.75) is 45.1 Å². The molecule has 226 valence electrons. The van der Waals surface area contributed by atoms with Crippen molar-refractivity contribution in [3.05, 3.63) is 90.0 Å². The lowest BCUT2D eigenvalue weighted by Crippen LogP contribution is -2.38. The Morgan fingerprint density at radius 1 is 0.905 bits per heavy atom. The fourth-order valence-electron chi connectivity index (χ4n) is 4.20. The molecule has 0 aliphatic heterocycles. The quantitative estimate of drug-likeness (QED) is 0.184. The number of nitrogens with zero attached hydrogens (tertiary/aromatic N) is 1. The summed E-state index contributed by atoms with van der Waals surface area (Å²) in [5.41, 5.74) is 1.84. The predicted molar refractivity (Wildman–Crippen MR) is 152 cm³/mol. The fourth-order valence-corrected chi connectivity index (χ4v) is 4.20. The number of unbranched alkanes of at least 4 members (excludes halogenated alkanes) is 1. The van der Waals surface area contributed by atoms with Gasteiger partial charge in [-0.3, -0.25) is 0 Å². The number of hydrogen-bond acceptors (Lipinski definition) is 5. The Hall–Kier alpha value is -4.25. The minimum Gasteiger partial charge on any atom is -0.492 e. The first-order valence-corrected chi connectivity index (χ1v) is 13.7. The fraction of sp³-hybridized carbons (Fsp3) is 0.355. The SMILES string of the molecule is CCOC(Cc1ccc(OCCN(CCCCc2ccccc2)C(=O)Nc2ccccc2OC(F)(F)F)cc1)C(=O)O. The number of carbonyl (C=O) groups excluding carboxylic acids is 1. The van der Waals surface area contributed by atoms with Crippen molar-refractivity contribution in [2.75, 3.05) is 31.6 Å². The highest BCUT2D eigenvalue weighted by Gasteiger charge is 2.32. The number of aliphatic carboxylic acids is 1. The van der Waals surface area contributed by atoms with Gasteiger partial charge in [-0.05, 0) is 61.6 Å². The second-order valence-corrected chi connectivity index (χ2v) is 9.38. The summed E-state index contributed by atoms with van der Waals surface area (Å²) in [4.78, 5) is 26.0. The lowest BCUT2D eigenvalue weighted by Gasteiger charge is -2.24. The van der Waals surface area contributed by atoms with Gasteiger partial charge in [0.05, 0.1) is 12.2 Å². The molecule has 3 aromatic carbocycles. The Kier molecular flexibility index (Phi) is 12.5. The van der Waals surface area contributed by atoms with E-state index in [1.807, 2.05) is 30.3 Å². The van der Waals surface area contributed by atoms with Gasteiger partial charge in [0, 0.05) is 19.6 Å². The molecule has 1 atom stereocenters. The topological polar surface area (TPSA) is 97.3 Å². The van der Waals surface area contributed by atoms with Crippen molar-refractivity contribution in [3.63, 3.8) is 0 Å². The maximum absolute atomic E-state index is 13.2. The molecule has 0 aliphatic rings. The van der Waals surface area contributed by atoms with Crippen molar-refractivity contribution >= 4 is 17.7 Å². The van der Waals surface area contributed by atoms with Crippen LogP contribution in [0.2, 0.25) is 0 Å². The first-order chi connectivity index (χ1) is 20.1.